The highest BCUT2D eigenvalue weighted by atomic mass is 32.2. The van der Waals surface area contributed by atoms with Gasteiger partial charge < -0.3 is 10.3 Å². The Kier molecular flexibility index (Phi) is 3.22. The Hall–Kier alpha value is -0.950. The molecule has 0 saturated carbocycles. The fraction of sp³-hybridized carbons (Fsp3) is 0.714. The van der Waals surface area contributed by atoms with Crippen LogP contribution in [-0.4, -0.2) is 31.4 Å². The van der Waals surface area contributed by atoms with Crippen LogP contribution in [0.2, 0.25) is 0 Å². The molecule has 0 saturated heterocycles. The Morgan fingerprint density at radius 3 is 2.71 bits per heavy atom. The summed E-state index contributed by atoms with van der Waals surface area (Å²) in [5, 5.41) is 2.85. The lowest BCUT2D eigenvalue weighted by atomic mass is 10.4. The van der Waals surface area contributed by atoms with Crippen LogP contribution in [0, 0.1) is 0 Å². The van der Waals surface area contributed by atoms with Crippen molar-refractivity contribution in [1.29, 1.82) is 0 Å². The summed E-state index contributed by atoms with van der Waals surface area (Å²) in [5.74, 6) is 0.564. The first-order chi connectivity index (χ1) is 6.45. The maximum atomic E-state index is 11.1. The van der Waals surface area contributed by atoms with Crippen molar-refractivity contribution in [2.24, 2.45) is 5.73 Å². The van der Waals surface area contributed by atoms with Crippen molar-refractivity contribution >= 4 is 9.84 Å². The van der Waals surface area contributed by atoms with E-state index in [4.69, 9.17) is 10.3 Å². The molecule has 14 heavy (non-hydrogen) atoms. The van der Waals surface area contributed by atoms with E-state index in [2.05, 4.69) is 10.1 Å². The first-order valence-corrected chi connectivity index (χ1v) is 6.12. The molecule has 0 fully saturated rings. The van der Waals surface area contributed by atoms with Gasteiger partial charge in [0.15, 0.2) is 15.7 Å². The predicted molar refractivity (Wildman–Crippen MR) is 50.3 cm³/mol. The number of nitrogens with two attached hydrogens (primary N) is 1. The van der Waals surface area contributed by atoms with Gasteiger partial charge in [0, 0.05) is 12.7 Å². The van der Waals surface area contributed by atoms with Gasteiger partial charge >= 0.3 is 0 Å². The van der Waals surface area contributed by atoms with Gasteiger partial charge in [-0.2, -0.15) is 4.98 Å². The molecule has 0 bridgehead atoms. The summed E-state index contributed by atoms with van der Waals surface area (Å²) in [4.78, 5) is 3.93. The molecule has 1 atom stereocenters. The third-order valence-electron chi connectivity index (χ3n) is 1.84. The smallest absolute Gasteiger partial charge is 0.244 e. The lowest BCUT2D eigenvalue weighted by Crippen LogP contribution is -2.08. The molecule has 1 heterocycles. The summed E-state index contributed by atoms with van der Waals surface area (Å²) in [6.07, 6.45) is 1.62. The topological polar surface area (TPSA) is 99.1 Å². The van der Waals surface area contributed by atoms with Crippen LogP contribution in [0.25, 0.3) is 0 Å². The largest absolute Gasteiger partial charge is 0.338 e. The molecule has 7 heteroatoms. The van der Waals surface area contributed by atoms with E-state index in [0.717, 1.165) is 6.26 Å². The molecule has 0 aliphatic heterocycles. The average molecular weight is 219 g/mol. The Labute approximate surface area is 82.4 Å². The number of aromatic nitrogens is 2. The van der Waals surface area contributed by atoms with Gasteiger partial charge in [-0.05, 0) is 13.5 Å². The Morgan fingerprint density at radius 2 is 2.21 bits per heavy atom. The number of sulfone groups is 1. The highest BCUT2D eigenvalue weighted by Crippen LogP contribution is 2.18. The molecular weight excluding hydrogens is 206 g/mol. The standard InChI is InChI=1S/C7H13N3O3S/c1-5(14(2,11)12)7-9-6(3-4-8)10-13-7/h5H,3-4,8H2,1-2H3. The monoisotopic (exact) mass is 219 g/mol. The van der Waals surface area contributed by atoms with Gasteiger partial charge in [-0.3, -0.25) is 0 Å². The second-order valence-electron chi connectivity index (χ2n) is 3.06. The van der Waals surface area contributed by atoms with Crippen LogP contribution in [0.4, 0.5) is 0 Å². The van der Waals surface area contributed by atoms with Crippen LogP contribution < -0.4 is 5.73 Å². The predicted octanol–water partition coefficient (Wildman–Crippen LogP) is -0.324. The van der Waals surface area contributed by atoms with Crippen LogP contribution in [-0.2, 0) is 16.3 Å². The number of rotatable bonds is 4. The highest BCUT2D eigenvalue weighted by Gasteiger charge is 2.23. The van der Waals surface area contributed by atoms with Gasteiger partial charge in [-0.1, -0.05) is 5.16 Å². The minimum absolute atomic E-state index is 0.121. The molecule has 0 aliphatic carbocycles. The van der Waals surface area contributed by atoms with E-state index in [9.17, 15) is 8.42 Å². The van der Waals surface area contributed by atoms with Crippen molar-refractivity contribution < 1.29 is 12.9 Å². The maximum absolute atomic E-state index is 11.1. The van der Waals surface area contributed by atoms with Gasteiger partial charge in [0.25, 0.3) is 0 Å². The Morgan fingerprint density at radius 1 is 1.57 bits per heavy atom. The minimum atomic E-state index is -3.18. The van der Waals surface area contributed by atoms with E-state index in [1.54, 1.807) is 0 Å². The Balaban J connectivity index is 2.87. The molecule has 0 spiro atoms. The Bertz CT molecular complexity index is 398. The molecule has 1 aromatic heterocycles. The van der Waals surface area contributed by atoms with Crippen LogP contribution in [0.15, 0.2) is 4.52 Å². The first-order valence-electron chi connectivity index (χ1n) is 4.16. The van der Waals surface area contributed by atoms with Crippen molar-refractivity contribution in [3.05, 3.63) is 11.7 Å². The molecule has 1 rings (SSSR count). The van der Waals surface area contributed by atoms with Crippen LogP contribution in [0.5, 0.6) is 0 Å². The van der Waals surface area contributed by atoms with Crippen LogP contribution in [0.1, 0.15) is 23.9 Å². The summed E-state index contributed by atoms with van der Waals surface area (Å²) in [5.41, 5.74) is 5.29. The summed E-state index contributed by atoms with van der Waals surface area (Å²) >= 11 is 0. The zero-order valence-electron chi connectivity index (χ0n) is 8.10. The zero-order valence-corrected chi connectivity index (χ0v) is 8.91. The minimum Gasteiger partial charge on any atom is -0.338 e. The SMILES string of the molecule is CC(c1nc(CCN)no1)S(C)(=O)=O. The van der Waals surface area contributed by atoms with E-state index in [1.165, 1.54) is 6.92 Å². The molecule has 0 aromatic carbocycles. The summed E-state index contributed by atoms with van der Waals surface area (Å²) in [6, 6.07) is 0. The number of nitrogens with zero attached hydrogens (tertiary/aromatic N) is 2. The van der Waals surface area contributed by atoms with Gasteiger partial charge in [0.05, 0.1) is 0 Å². The third kappa shape index (κ3) is 2.52. The van der Waals surface area contributed by atoms with E-state index < -0.39 is 15.1 Å². The fourth-order valence-corrected chi connectivity index (χ4v) is 1.31. The third-order valence-corrected chi connectivity index (χ3v) is 3.33. The first kappa shape index (κ1) is 11.1. The molecule has 2 N–H and O–H groups in total. The molecule has 0 radical (unpaired) electrons. The summed E-state index contributed by atoms with van der Waals surface area (Å²) < 4.78 is 27.1. The summed E-state index contributed by atoms with van der Waals surface area (Å²) in [7, 11) is -3.18. The molecule has 1 aromatic rings. The van der Waals surface area contributed by atoms with Crippen LogP contribution in [0.3, 0.4) is 0 Å². The molecular formula is C7H13N3O3S. The van der Waals surface area contributed by atoms with E-state index in [0.29, 0.717) is 18.8 Å². The van der Waals surface area contributed by atoms with E-state index >= 15 is 0 Å². The second-order valence-corrected chi connectivity index (χ2v) is 5.43. The molecule has 6 nitrogen and oxygen atoms in total. The van der Waals surface area contributed by atoms with Crippen molar-refractivity contribution in [2.45, 2.75) is 18.6 Å². The van der Waals surface area contributed by atoms with Crippen molar-refractivity contribution in [3.8, 4) is 0 Å². The van der Waals surface area contributed by atoms with Gasteiger partial charge in [-0.15, -0.1) is 0 Å². The van der Waals surface area contributed by atoms with Gasteiger partial charge in [-0.25, -0.2) is 8.42 Å². The van der Waals surface area contributed by atoms with Crippen LogP contribution >= 0.6 is 0 Å². The molecule has 80 valence electrons. The van der Waals surface area contributed by atoms with Gasteiger partial charge in [0.2, 0.25) is 5.89 Å². The zero-order chi connectivity index (χ0) is 10.8. The van der Waals surface area contributed by atoms with Crippen molar-refractivity contribution in [3.63, 3.8) is 0 Å². The van der Waals surface area contributed by atoms with Gasteiger partial charge in [0.1, 0.15) is 5.25 Å². The number of hydrogen-bond acceptors (Lipinski definition) is 6. The number of hydrogen-bond donors (Lipinski definition) is 1. The van der Waals surface area contributed by atoms with Crippen molar-refractivity contribution in [1.82, 2.24) is 10.1 Å². The molecule has 0 amide bonds. The quantitative estimate of drug-likeness (QED) is 0.744. The second kappa shape index (κ2) is 4.05. The molecule has 1 unspecified atom stereocenters. The average Bonchev–Trinajstić information content (AvgIpc) is 2.50. The van der Waals surface area contributed by atoms with Crippen molar-refractivity contribution in [2.75, 3.05) is 12.8 Å². The van der Waals surface area contributed by atoms with E-state index in [-0.39, 0.29) is 5.89 Å². The normalized spacial score (nSPS) is 14.2. The fourth-order valence-electron chi connectivity index (χ4n) is 0.846. The lowest BCUT2D eigenvalue weighted by Gasteiger charge is -2.01. The maximum Gasteiger partial charge on any atom is 0.244 e. The molecule has 0 aliphatic rings. The lowest BCUT2D eigenvalue weighted by molar-refractivity contribution is 0.371. The highest BCUT2D eigenvalue weighted by molar-refractivity contribution is 7.90. The summed E-state index contributed by atoms with van der Waals surface area (Å²) in [6.45, 7) is 1.92. The van der Waals surface area contributed by atoms with E-state index in [1.807, 2.05) is 0 Å².